The Balaban J connectivity index is 1.58. The predicted molar refractivity (Wildman–Crippen MR) is 158 cm³/mol. The molecule has 7 nitrogen and oxygen atoms in total. The van der Waals surface area contributed by atoms with E-state index in [1.165, 1.54) is 23.8 Å². The third kappa shape index (κ3) is 6.03. The normalized spacial score (nSPS) is 11.6. The van der Waals surface area contributed by atoms with Crippen LogP contribution in [0, 0.1) is 27.7 Å². The van der Waals surface area contributed by atoms with Crippen LogP contribution in [0.2, 0.25) is 10.0 Å². The Morgan fingerprint density at radius 1 is 0.974 bits per heavy atom. The van der Waals surface area contributed by atoms with Crippen molar-refractivity contribution in [2.45, 2.75) is 32.6 Å². The number of hydrogen-bond acceptors (Lipinski definition) is 4. The smallest absolute Gasteiger partial charge is 0.264 e. The van der Waals surface area contributed by atoms with Crippen LogP contribution in [-0.4, -0.2) is 31.7 Å². The summed E-state index contributed by atoms with van der Waals surface area (Å²) >= 11 is 12.5. The first-order valence-corrected chi connectivity index (χ1v) is 14.3. The van der Waals surface area contributed by atoms with Crippen LogP contribution in [0.4, 0.5) is 5.69 Å². The average Bonchev–Trinajstić information content (AvgIpc) is 3.17. The van der Waals surface area contributed by atoms with E-state index in [1.807, 2.05) is 19.9 Å². The molecule has 1 N–H and O–H groups in total. The van der Waals surface area contributed by atoms with Crippen molar-refractivity contribution in [3.8, 4) is 5.69 Å². The molecule has 0 fully saturated rings. The maximum absolute atomic E-state index is 13.5. The molecule has 1 amide bonds. The Labute approximate surface area is 238 Å². The van der Waals surface area contributed by atoms with Gasteiger partial charge in [0.1, 0.15) is 6.54 Å². The standard InChI is InChI=1S/C29H28Cl2N4O3S/c1-19-13-14-26(20(2)15-19)35-21(3)16-23(22(35)4)17-32-33-28(36)18-34(27-12-8-11-25(30)29(27)31)39(37,38)24-9-6-5-7-10-24/h5-17H,18H2,1-4H3,(H,33,36)/b32-17-. The Morgan fingerprint density at radius 2 is 1.69 bits per heavy atom. The minimum Gasteiger partial charge on any atom is -0.318 e. The number of carbonyl (C=O) groups is 1. The van der Waals surface area contributed by atoms with Gasteiger partial charge in [-0.25, -0.2) is 13.8 Å². The molecule has 0 atom stereocenters. The molecule has 0 aliphatic heterocycles. The molecule has 0 radical (unpaired) electrons. The molecule has 3 aromatic carbocycles. The summed E-state index contributed by atoms with van der Waals surface area (Å²) in [7, 11) is -4.14. The monoisotopic (exact) mass is 582 g/mol. The molecule has 10 heteroatoms. The number of amides is 1. The van der Waals surface area contributed by atoms with Gasteiger partial charge in [0.25, 0.3) is 15.9 Å². The van der Waals surface area contributed by atoms with E-state index in [0.29, 0.717) is 0 Å². The lowest BCUT2D eigenvalue weighted by atomic mass is 10.1. The van der Waals surface area contributed by atoms with Crippen LogP contribution in [0.1, 0.15) is 28.1 Å². The maximum Gasteiger partial charge on any atom is 0.264 e. The number of benzene rings is 3. The lowest BCUT2D eigenvalue weighted by Crippen LogP contribution is -2.39. The van der Waals surface area contributed by atoms with Crippen molar-refractivity contribution in [3.05, 3.63) is 111 Å². The summed E-state index contributed by atoms with van der Waals surface area (Å²) in [6.07, 6.45) is 1.54. The van der Waals surface area contributed by atoms with Gasteiger partial charge in [0, 0.05) is 22.6 Å². The molecule has 0 unspecified atom stereocenters. The SMILES string of the molecule is Cc1ccc(-n2c(C)cc(/C=N\NC(=O)CN(c3cccc(Cl)c3Cl)S(=O)(=O)c3ccccc3)c2C)c(C)c1. The van der Waals surface area contributed by atoms with Crippen LogP contribution in [0.15, 0.2) is 82.8 Å². The van der Waals surface area contributed by atoms with E-state index in [9.17, 15) is 13.2 Å². The van der Waals surface area contributed by atoms with Gasteiger partial charge in [0.05, 0.1) is 26.8 Å². The highest BCUT2D eigenvalue weighted by atomic mass is 35.5. The lowest BCUT2D eigenvalue weighted by molar-refractivity contribution is -0.119. The Bertz CT molecular complexity index is 1670. The van der Waals surface area contributed by atoms with Crippen LogP contribution in [0.5, 0.6) is 0 Å². The van der Waals surface area contributed by atoms with Gasteiger partial charge >= 0.3 is 0 Å². The maximum atomic E-state index is 13.5. The lowest BCUT2D eigenvalue weighted by Gasteiger charge is -2.24. The molecule has 0 spiro atoms. The molecule has 0 saturated heterocycles. The number of hydrazone groups is 1. The van der Waals surface area contributed by atoms with E-state index in [-0.39, 0.29) is 20.6 Å². The first-order chi connectivity index (χ1) is 18.5. The minimum absolute atomic E-state index is 0.0104. The Hall–Kier alpha value is -3.59. The summed E-state index contributed by atoms with van der Waals surface area (Å²) in [4.78, 5) is 12.9. The second kappa shape index (κ2) is 11.7. The number of sulfonamides is 1. The van der Waals surface area contributed by atoms with Gasteiger partial charge in [0.15, 0.2) is 0 Å². The summed E-state index contributed by atoms with van der Waals surface area (Å²) < 4.78 is 30.1. The van der Waals surface area contributed by atoms with Crippen molar-refractivity contribution in [3.63, 3.8) is 0 Å². The highest BCUT2D eigenvalue weighted by Gasteiger charge is 2.29. The number of anilines is 1. The van der Waals surface area contributed by atoms with Crippen LogP contribution in [-0.2, 0) is 14.8 Å². The molecule has 1 aromatic heterocycles. The predicted octanol–water partition coefficient (Wildman–Crippen LogP) is 6.36. The zero-order valence-electron chi connectivity index (χ0n) is 21.9. The molecule has 39 heavy (non-hydrogen) atoms. The molecular formula is C29H28Cl2N4O3S. The van der Waals surface area contributed by atoms with Gasteiger partial charge in [-0.3, -0.25) is 9.10 Å². The molecule has 202 valence electrons. The first-order valence-electron chi connectivity index (χ1n) is 12.1. The van der Waals surface area contributed by atoms with Crippen molar-refractivity contribution in [2.24, 2.45) is 5.10 Å². The molecule has 4 rings (SSSR count). The third-order valence-electron chi connectivity index (χ3n) is 6.27. The van der Waals surface area contributed by atoms with Crippen molar-refractivity contribution >= 4 is 51.0 Å². The van der Waals surface area contributed by atoms with Gasteiger partial charge in [-0.05, 0) is 69.7 Å². The first kappa shape index (κ1) is 28.4. The second-order valence-electron chi connectivity index (χ2n) is 9.14. The quantitative estimate of drug-likeness (QED) is 0.194. The zero-order valence-corrected chi connectivity index (χ0v) is 24.3. The van der Waals surface area contributed by atoms with E-state index in [4.69, 9.17) is 23.2 Å². The molecule has 0 aliphatic carbocycles. The molecule has 4 aromatic rings. The average molecular weight is 584 g/mol. The van der Waals surface area contributed by atoms with Crippen LogP contribution >= 0.6 is 23.2 Å². The fourth-order valence-electron chi connectivity index (χ4n) is 4.39. The van der Waals surface area contributed by atoms with E-state index < -0.39 is 22.5 Å². The van der Waals surface area contributed by atoms with Gasteiger partial charge in [-0.1, -0.05) is 65.2 Å². The fourth-order valence-corrected chi connectivity index (χ4v) is 6.29. The van der Waals surface area contributed by atoms with Gasteiger partial charge in [-0.2, -0.15) is 5.10 Å². The van der Waals surface area contributed by atoms with Crippen molar-refractivity contribution in [2.75, 3.05) is 10.8 Å². The summed E-state index contributed by atoms with van der Waals surface area (Å²) in [6, 6.07) is 20.6. The molecular weight excluding hydrogens is 555 g/mol. The van der Waals surface area contributed by atoms with Gasteiger partial charge in [0.2, 0.25) is 0 Å². The number of aromatic nitrogens is 1. The number of nitrogens with one attached hydrogen (secondary N) is 1. The number of rotatable bonds is 8. The Morgan fingerprint density at radius 3 is 2.38 bits per heavy atom. The molecule has 1 heterocycles. The van der Waals surface area contributed by atoms with Crippen LogP contribution in [0.3, 0.4) is 0 Å². The zero-order chi connectivity index (χ0) is 28.3. The highest BCUT2D eigenvalue weighted by molar-refractivity contribution is 7.92. The van der Waals surface area contributed by atoms with Crippen LogP contribution < -0.4 is 9.73 Å². The number of carbonyl (C=O) groups excluding carboxylic acids is 1. The van der Waals surface area contributed by atoms with E-state index in [1.54, 1.807) is 36.5 Å². The van der Waals surface area contributed by atoms with E-state index >= 15 is 0 Å². The number of nitrogens with zero attached hydrogens (tertiary/aromatic N) is 3. The Kier molecular flexibility index (Phi) is 8.49. The van der Waals surface area contributed by atoms with Gasteiger partial charge in [-0.15, -0.1) is 0 Å². The molecule has 0 bridgehead atoms. The molecule has 0 saturated carbocycles. The summed E-state index contributed by atoms with van der Waals surface area (Å²) in [5.41, 5.74) is 8.72. The number of hydrogen-bond donors (Lipinski definition) is 1. The van der Waals surface area contributed by atoms with Gasteiger partial charge < -0.3 is 4.57 Å². The largest absolute Gasteiger partial charge is 0.318 e. The summed E-state index contributed by atoms with van der Waals surface area (Å²) in [5.74, 6) is -0.648. The summed E-state index contributed by atoms with van der Waals surface area (Å²) in [5, 5.41) is 4.30. The summed E-state index contributed by atoms with van der Waals surface area (Å²) in [6.45, 7) is 7.54. The molecule has 0 aliphatic rings. The minimum atomic E-state index is -4.14. The second-order valence-corrected chi connectivity index (χ2v) is 11.8. The number of halogens is 2. The van der Waals surface area contributed by atoms with Crippen molar-refractivity contribution in [1.29, 1.82) is 0 Å². The van der Waals surface area contributed by atoms with Crippen molar-refractivity contribution in [1.82, 2.24) is 9.99 Å². The van der Waals surface area contributed by atoms with E-state index in [2.05, 4.69) is 47.1 Å². The van der Waals surface area contributed by atoms with E-state index in [0.717, 1.165) is 32.5 Å². The highest BCUT2D eigenvalue weighted by Crippen LogP contribution is 2.35. The fraction of sp³-hybridized carbons (Fsp3) is 0.172. The number of aryl methyl sites for hydroxylation is 3. The topological polar surface area (TPSA) is 83.8 Å². The van der Waals surface area contributed by atoms with Crippen LogP contribution in [0.25, 0.3) is 5.69 Å². The third-order valence-corrected chi connectivity index (χ3v) is 8.86. The van der Waals surface area contributed by atoms with Crippen molar-refractivity contribution < 1.29 is 13.2 Å².